The Morgan fingerprint density at radius 1 is 1.26 bits per heavy atom. The summed E-state index contributed by atoms with van der Waals surface area (Å²) in [6.45, 7) is 0. The predicted molar refractivity (Wildman–Crippen MR) is 78.2 cm³/mol. The second kappa shape index (κ2) is 6.61. The first-order chi connectivity index (χ1) is 10.7. The van der Waals surface area contributed by atoms with E-state index in [4.69, 9.17) is 0 Å². The third-order valence-corrected chi connectivity index (χ3v) is 4.78. The van der Waals surface area contributed by atoms with Crippen LogP contribution in [0.2, 0.25) is 0 Å². The number of carbonyl (C=O) groups is 2. The zero-order valence-corrected chi connectivity index (χ0v) is 13.1. The zero-order chi connectivity index (χ0) is 17.2. The molecule has 0 saturated heterocycles. The summed E-state index contributed by atoms with van der Waals surface area (Å²) in [5.41, 5.74) is 0.745. The molecule has 0 heterocycles. The van der Waals surface area contributed by atoms with Crippen LogP contribution in [0.15, 0.2) is 24.3 Å². The molecule has 2 N–H and O–H groups in total. The lowest BCUT2D eigenvalue weighted by Crippen LogP contribution is -2.33. The highest BCUT2D eigenvalue weighted by molar-refractivity contribution is 7.89. The van der Waals surface area contributed by atoms with Crippen molar-refractivity contribution in [3.8, 4) is 0 Å². The molecule has 0 aliphatic heterocycles. The van der Waals surface area contributed by atoms with Gasteiger partial charge < -0.3 is 5.32 Å². The number of sulfonamides is 1. The van der Waals surface area contributed by atoms with Crippen molar-refractivity contribution in [2.75, 3.05) is 7.05 Å². The number of alkyl halides is 2. The van der Waals surface area contributed by atoms with Crippen LogP contribution in [0.25, 0.3) is 0 Å². The van der Waals surface area contributed by atoms with Crippen LogP contribution in [0.4, 0.5) is 8.78 Å². The Hall–Kier alpha value is -2.03. The summed E-state index contributed by atoms with van der Waals surface area (Å²) in [5.74, 6) is -3.67. The average Bonchev–Trinajstić information content (AvgIpc) is 3.27. The van der Waals surface area contributed by atoms with Crippen LogP contribution >= 0.6 is 0 Å². The van der Waals surface area contributed by atoms with Gasteiger partial charge in [0.2, 0.25) is 22.4 Å². The van der Waals surface area contributed by atoms with E-state index in [0.717, 1.165) is 0 Å². The molecular weight excluding hydrogens is 330 g/mol. The summed E-state index contributed by atoms with van der Waals surface area (Å²) < 4.78 is 50.4. The van der Waals surface area contributed by atoms with Crippen molar-refractivity contribution < 1.29 is 26.8 Å². The van der Waals surface area contributed by atoms with Crippen LogP contribution in [0.5, 0.6) is 0 Å². The van der Waals surface area contributed by atoms with Gasteiger partial charge in [0.15, 0.2) is 0 Å². The first-order valence-corrected chi connectivity index (χ1v) is 8.52. The zero-order valence-electron chi connectivity index (χ0n) is 12.3. The van der Waals surface area contributed by atoms with Gasteiger partial charge in [0.25, 0.3) is 5.91 Å². The standard InChI is InChI=1S/C14H16F2N2O4S/c1-17-13(19)9-4-2-8(3-5-9)7-23(21,22)18-14(20)11-6-10(11)12(15)16/h2-5,10-12H,6-7H2,1H3,(H,17,19)(H,18,20)/t10-,11-/m0/s1. The number of rotatable bonds is 6. The molecule has 0 spiro atoms. The predicted octanol–water partition coefficient (Wildman–Crippen LogP) is 0.893. The van der Waals surface area contributed by atoms with Crippen LogP contribution in [0.1, 0.15) is 22.3 Å². The minimum atomic E-state index is -3.97. The van der Waals surface area contributed by atoms with Crippen LogP contribution in [0.3, 0.4) is 0 Å². The van der Waals surface area contributed by atoms with E-state index in [2.05, 4.69) is 5.32 Å². The number of benzene rings is 1. The molecule has 1 aromatic rings. The minimum Gasteiger partial charge on any atom is -0.355 e. The van der Waals surface area contributed by atoms with Crippen LogP contribution in [0, 0.1) is 11.8 Å². The van der Waals surface area contributed by atoms with E-state index in [9.17, 15) is 26.8 Å². The lowest BCUT2D eigenvalue weighted by Gasteiger charge is -2.07. The summed E-state index contributed by atoms with van der Waals surface area (Å²) in [6.07, 6.45) is -2.62. The Labute approximate surface area is 132 Å². The van der Waals surface area contributed by atoms with Gasteiger partial charge in [0.05, 0.1) is 5.75 Å². The Morgan fingerprint density at radius 3 is 2.35 bits per heavy atom. The third-order valence-electron chi connectivity index (χ3n) is 3.56. The number of amides is 2. The molecule has 2 rings (SSSR count). The molecule has 126 valence electrons. The second-order valence-corrected chi connectivity index (χ2v) is 7.06. The number of halogens is 2. The van der Waals surface area contributed by atoms with E-state index in [0.29, 0.717) is 11.1 Å². The van der Waals surface area contributed by atoms with Crippen molar-refractivity contribution in [1.29, 1.82) is 0 Å². The number of hydrogen-bond acceptors (Lipinski definition) is 4. The van der Waals surface area contributed by atoms with Gasteiger partial charge in [0.1, 0.15) is 0 Å². The highest BCUT2D eigenvalue weighted by Crippen LogP contribution is 2.43. The van der Waals surface area contributed by atoms with Gasteiger partial charge >= 0.3 is 0 Å². The van der Waals surface area contributed by atoms with Crippen molar-refractivity contribution in [2.45, 2.75) is 18.6 Å². The number of hydrogen-bond donors (Lipinski definition) is 2. The van der Waals surface area contributed by atoms with Gasteiger partial charge in [-0.25, -0.2) is 17.2 Å². The molecular formula is C14H16F2N2O4S. The molecule has 9 heteroatoms. The van der Waals surface area contributed by atoms with Gasteiger partial charge in [0, 0.05) is 24.4 Å². The highest BCUT2D eigenvalue weighted by Gasteiger charge is 2.49. The second-order valence-electron chi connectivity index (χ2n) is 5.34. The average molecular weight is 346 g/mol. The largest absolute Gasteiger partial charge is 0.355 e. The van der Waals surface area contributed by atoms with Crippen molar-refractivity contribution in [1.82, 2.24) is 10.0 Å². The molecule has 0 bridgehead atoms. The molecule has 1 saturated carbocycles. The lowest BCUT2D eigenvalue weighted by atomic mass is 10.1. The Kier molecular flexibility index (Phi) is 4.98. The molecule has 0 radical (unpaired) electrons. The van der Waals surface area contributed by atoms with Crippen molar-refractivity contribution >= 4 is 21.8 Å². The Morgan fingerprint density at radius 2 is 1.87 bits per heavy atom. The normalized spacial score (nSPS) is 20.2. The SMILES string of the molecule is CNC(=O)c1ccc(CS(=O)(=O)NC(=O)[C@H]2C[C@@H]2C(F)F)cc1. The molecule has 1 aliphatic carbocycles. The van der Waals surface area contributed by atoms with Crippen LogP contribution < -0.4 is 10.0 Å². The highest BCUT2D eigenvalue weighted by atomic mass is 32.2. The number of carbonyl (C=O) groups excluding carboxylic acids is 2. The maximum absolute atomic E-state index is 12.4. The van der Waals surface area contributed by atoms with Gasteiger partial charge in [-0.1, -0.05) is 12.1 Å². The monoisotopic (exact) mass is 346 g/mol. The van der Waals surface area contributed by atoms with E-state index in [1.54, 1.807) is 0 Å². The van der Waals surface area contributed by atoms with Gasteiger partial charge in [-0.2, -0.15) is 0 Å². The fraction of sp³-hybridized carbons (Fsp3) is 0.429. The van der Waals surface area contributed by atoms with E-state index in [-0.39, 0.29) is 12.3 Å². The van der Waals surface area contributed by atoms with Crippen molar-refractivity contribution in [3.05, 3.63) is 35.4 Å². The summed E-state index contributed by atoms with van der Waals surface area (Å²) in [5, 5.41) is 2.43. The summed E-state index contributed by atoms with van der Waals surface area (Å²) in [7, 11) is -2.50. The van der Waals surface area contributed by atoms with Gasteiger partial charge in [-0.3, -0.25) is 14.3 Å². The van der Waals surface area contributed by atoms with Gasteiger partial charge in [-0.05, 0) is 24.1 Å². The molecule has 0 unspecified atom stereocenters. The lowest BCUT2D eigenvalue weighted by molar-refractivity contribution is -0.121. The summed E-state index contributed by atoms with van der Waals surface area (Å²) in [6, 6.07) is 5.82. The minimum absolute atomic E-state index is 0.000152. The quantitative estimate of drug-likeness (QED) is 0.800. The molecule has 1 fully saturated rings. The first kappa shape index (κ1) is 17.3. The van der Waals surface area contributed by atoms with Crippen molar-refractivity contribution in [3.63, 3.8) is 0 Å². The number of nitrogens with one attached hydrogen (secondary N) is 2. The Balaban J connectivity index is 1.96. The third kappa shape index (κ3) is 4.47. The summed E-state index contributed by atoms with van der Waals surface area (Å²) >= 11 is 0. The first-order valence-electron chi connectivity index (χ1n) is 6.87. The van der Waals surface area contributed by atoms with E-state index in [1.165, 1.54) is 31.3 Å². The summed E-state index contributed by atoms with van der Waals surface area (Å²) in [4.78, 5) is 23.0. The molecule has 1 aromatic carbocycles. The molecule has 1 aliphatic rings. The molecule has 0 aromatic heterocycles. The smallest absolute Gasteiger partial charge is 0.251 e. The fourth-order valence-electron chi connectivity index (χ4n) is 2.18. The van der Waals surface area contributed by atoms with Crippen LogP contribution in [-0.4, -0.2) is 33.7 Å². The molecule has 23 heavy (non-hydrogen) atoms. The van der Waals surface area contributed by atoms with E-state index in [1.807, 2.05) is 4.72 Å². The van der Waals surface area contributed by atoms with Crippen LogP contribution in [-0.2, 0) is 20.6 Å². The fourth-order valence-corrected chi connectivity index (χ4v) is 3.34. The maximum Gasteiger partial charge on any atom is 0.251 e. The Bertz CT molecular complexity index is 704. The van der Waals surface area contributed by atoms with Crippen molar-refractivity contribution in [2.24, 2.45) is 11.8 Å². The molecule has 2 atom stereocenters. The molecule has 2 amide bonds. The van der Waals surface area contributed by atoms with E-state index >= 15 is 0 Å². The maximum atomic E-state index is 12.4. The molecule has 6 nitrogen and oxygen atoms in total. The topological polar surface area (TPSA) is 92.3 Å². The van der Waals surface area contributed by atoms with E-state index < -0.39 is 39.9 Å². The van der Waals surface area contributed by atoms with Gasteiger partial charge in [-0.15, -0.1) is 0 Å².